The van der Waals surface area contributed by atoms with Crippen LogP contribution in [-0.2, 0) is 13.1 Å². The lowest BCUT2D eigenvalue weighted by Gasteiger charge is -2.33. The fourth-order valence-electron chi connectivity index (χ4n) is 3.30. The largest absolute Gasteiger partial charge is 0.354 e. The number of aliphatic imine (C=N–C) groups is 1. The minimum atomic E-state index is 0. The Morgan fingerprint density at radius 3 is 2.62 bits per heavy atom. The Balaban J connectivity index is 0.00000300. The van der Waals surface area contributed by atoms with E-state index in [9.17, 15) is 0 Å². The maximum absolute atomic E-state index is 4.57. The Morgan fingerprint density at radius 1 is 1.21 bits per heavy atom. The molecule has 3 rings (SSSR count). The summed E-state index contributed by atoms with van der Waals surface area (Å²) in [6.45, 7) is 5.71. The van der Waals surface area contributed by atoms with Crippen molar-refractivity contribution in [2.45, 2.75) is 13.1 Å². The zero-order chi connectivity index (χ0) is 19.9. The highest BCUT2D eigenvalue weighted by Crippen LogP contribution is 2.18. The highest BCUT2D eigenvalue weighted by Gasteiger charge is 2.15. The third kappa shape index (κ3) is 6.82. The van der Waals surface area contributed by atoms with Crippen LogP contribution in [0.2, 0.25) is 0 Å². The molecule has 29 heavy (non-hydrogen) atoms. The van der Waals surface area contributed by atoms with E-state index < -0.39 is 0 Å². The first kappa shape index (κ1) is 23.9. The van der Waals surface area contributed by atoms with Crippen LogP contribution >= 0.6 is 39.9 Å². The van der Waals surface area contributed by atoms with Gasteiger partial charge in [0.25, 0.3) is 0 Å². The monoisotopic (exact) mass is 572 g/mol. The topological polar surface area (TPSA) is 47.0 Å². The fourth-order valence-corrected chi connectivity index (χ4v) is 3.71. The van der Waals surface area contributed by atoms with E-state index in [-0.39, 0.29) is 24.0 Å². The minimum Gasteiger partial charge on any atom is -0.354 e. The summed E-state index contributed by atoms with van der Waals surface area (Å²) in [6.07, 6.45) is 1.90. The Hall–Kier alpha value is -1.39. The molecule has 0 radical (unpaired) electrons. The third-order valence-corrected chi connectivity index (χ3v) is 5.80. The van der Waals surface area contributed by atoms with Crippen molar-refractivity contribution in [3.63, 3.8) is 0 Å². The first-order valence-electron chi connectivity index (χ1n) is 9.60. The number of guanidine groups is 1. The van der Waals surface area contributed by atoms with E-state index >= 15 is 0 Å². The van der Waals surface area contributed by atoms with Gasteiger partial charge in [-0.15, -0.1) is 24.0 Å². The molecule has 158 valence electrons. The van der Waals surface area contributed by atoms with Crippen LogP contribution in [0.25, 0.3) is 0 Å². The highest BCUT2D eigenvalue weighted by molar-refractivity contribution is 14.0. The molecular formula is C21H30BrIN6. The highest BCUT2D eigenvalue weighted by atomic mass is 127. The molecule has 2 heterocycles. The van der Waals surface area contributed by atoms with Crippen molar-refractivity contribution in [3.05, 3.63) is 58.2 Å². The Morgan fingerprint density at radius 2 is 1.93 bits per heavy atom. The van der Waals surface area contributed by atoms with E-state index in [4.69, 9.17) is 0 Å². The van der Waals surface area contributed by atoms with Crippen molar-refractivity contribution in [3.8, 4) is 0 Å². The number of halogens is 2. The van der Waals surface area contributed by atoms with E-state index in [0.717, 1.165) is 55.5 Å². The van der Waals surface area contributed by atoms with Gasteiger partial charge in [-0.25, -0.2) is 4.98 Å². The summed E-state index contributed by atoms with van der Waals surface area (Å²) in [5, 5.41) is 3.47. The standard InChI is InChI=1S/C21H29BrN6.HI/c1-23-21(27(3)16-18-6-4-5-7-19(18)22)25-15-17-8-9-24-20(14-17)28-12-10-26(2)11-13-28;/h4-9,14H,10-13,15-16H2,1-3H3,(H,23,25);1H. The number of likely N-dealkylation sites (N-methyl/N-ethyl adjacent to an activating group) is 1. The predicted octanol–water partition coefficient (Wildman–Crippen LogP) is 3.42. The van der Waals surface area contributed by atoms with Gasteiger partial charge in [-0.1, -0.05) is 34.1 Å². The van der Waals surface area contributed by atoms with Gasteiger partial charge in [0, 0.05) is 64.0 Å². The predicted molar refractivity (Wildman–Crippen MR) is 135 cm³/mol. The minimum absolute atomic E-state index is 0. The molecule has 1 fully saturated rings. The molecule has 0 amide bonds. The summed E-state index contributed by atoms with van der Waals surface area (Å²) >= 11 is 3.62. The molecule has 1 N–H and O–H groups in total. The van der Waals surface area contributed by atoms with Crippen molar-refractivity contribution in [1.82, 2.24) is 20.1 Å². The van der Waals surface area contributed by atoms with E-state index in [1.165, 1.54) is 11.1 Å². The SMILES string of the molecule is CN=C(NCc1ccnc(N2CCN(C)CC2)c1)N(C)Cc1ccccc1Br.I. The van der Waals surface area contributed by atoms with Crippen molar-refractivity contribution >= 4 is 51.7 Å². The number of piperazine rings is 1. The Labute approximate surface area is 199 Å². The van der Waals surface area contributed by atoms with Crippen molar-refractivity contribution in [1.29, 1.82) is 0 Å². The number of hydrogen-bond acceptors (Lipinski definition) is 4. The number of pyridine rings is 1. The van der Waals surface area contributed by atoms with Gasteiger partial charge in [-0.2, -0.15) is 0 Å². The third-order valence-electron chi connectivity index (χ3n) is 5.03. The summed E-state index contributed by atoms with van der Waals surface area (Å²) in [4.78, 5) is 15.8. The molecule has 1 aromatic heterocycles. The lowest BCUT2D eigenvalue weighted by Crippen LogP contribution is -2.44. The maximum atomic E-state index is 4.57. The van der Waals surface area contributed by atoms with E-state index in [1.807, 2.05) is 19.3 Å². The molecule has 1 aliphatic rings. The molecule has 0 aliphatic carbocycles. The van der Waals surface area contributed by atoms with Gasteiger partial charge >= 0.3 is 0 Å². The van der Waals surface area contributed by atoms with Crippen LogP contribution < -0.4 is 10.2 Å². The normalized spacial score (nSPS) is 15.0. The number of nitrogens with one attached hydrogen (secondary N) is 1. The van der Waals surface area contributed by atoms with Crippen LogP contribution in [0.15, 0.2) is 52.1 Å². The number of benzene rings is 1. The van der Waals surface area contributed by atoms with Gasteiger partial charge in [0.2, 0.25) is 0 Å². The summed E-state index contributed by atoms with van der Waals surface area (Å²) in [5.74, 6) is 1.93. The van der Waals surface area contributed by atoms with Crippen LogP contribution in [0.4, 0.5) is 5.82 Å². The average molecular weight is 573 g/mol. The van der Waals surface area contributed by atoms with E-state index in [1.54, 1.807) is 0 Å². The lowest BCUT2D eigenvalue weighted by molar-refractivity contribution is 0.312. The first-order valence-corrected chi connectivity index (χ1v) is 10.4. The molecule has 2 aromatic rings. The summed E-state index contributed by atoms with van der Waals surface area (Å²) in [7, 11) is 6.04. The second-order valence-electron chi connectivity index (χ2n) is 7.16. The van der Waals surface area contributed by atoms with Crippen molar-refractivity contribution < 1.29 is 0 Å². The van der Waals surface area contributed by atoms with Gasteiger partial charge < -0.3 is 20.0 Å². The fraction of sp³-hybridized carbons (Fsp3) is 0.429. The zero-order valence-corrected chi connectivity index (χ0v) is 21.2. The first-order chi connectivity index (χ1) is 13.6. The van der Waals surface area contributed by atoms with Crippen molar-refractivity contribution in [2.75, 3.05) is 52.2 Å². The molecular weight excluding hydrogens is 543 g/mol. The number of hydrogen-bond donors (Lipinski definition) is 1. The molecule has 6 nitrogen and oxygen atoms in total. The molecule has 0 saturated carbocycles. The van der Waals surface area contributed by atoms with E-state index in [2.05, 4.69) is 90.4 Å². The van der Waals surface area contributed by atoms with Crippen LogP contribution in [0, 0.1) is 0 Å². The Bertz CT molecular complexity index is 807. The van der Waals surface area contributed by atoms with Gasteiger partial charge in [-0.3, -0.25) is 4.99 Å². The van der Waals surface area contributed by atoms with Gasteiger partial charge in [0.1, 0.15) is 5.82 Å². The molecule has 1 aliphatic heterocycles. The zero-order valence-electron chi connectivity index (χ0n) is 17.3. The van der Waals surface area contributed by atoms with Crippen LogP contribution in [-0.4, -0.2) is 68.1 Å². The molecule has 1 aromatic carbocycles. The second kappa shape index (κ2) is 11.7. The number of rotatable bonds is 5. The Kier molecular flexibility index (Phi) is 9.64. The van der Waals surface area contributed by atoms with Gasteiger partial charge in [-0.05, 0) is 36.4 Å². The lowest BCUT2D eigenvalue weighted by atomic mass is 10.2. The number of anilines is 1. The molecule has 0 spiro atoms. The second-order valence-corrected chi connectivity index (χ2v) is 8.02. The molecule has 1 saturated heterocycles. The molecule has 0 bridgehead atoms. The van der Waals surface area contributed by atoms with Gasteiger partial charge in [0.15, 0.2) is 5.96 Å². The maximum Gasteiger partial charge on any atom is 0.193 e. The van der Waals surface area contributed by atoms with Crippen LogP contribution in [0.1, 0.15) is 11.1 Å². The quantitative estimate of drug-likeness (QED) is 0.338. The summed E-state index contributed by atoms with van der Waals surface area (Å²) < 4.78 is 1.11. The van der Waals surface area contributed by atoms with Crippen LogP contribution in [0.3, 0.4) is 0 Å². The number of nitrogens with zero attached hydrogens (tertiary/aromatic N) is 5. The van der Waals surface area contributed by atoms with Crippen LogP contribution in [0.5, 0.6) is 0 Å². The summed E-state index contributed by atoms with van der Waals surface area (Å²) in [5.41, 5.74) is 2.44. The smallest absolute Gasteiger partial charge is 0.193 e. The van der Waals surface area contributed by atoms with E-state index in [0.29, 0.717) is 0 Å². The van der Waals surface area contributed by atoms with Gasteiger partial charge in [0.05, 0.1) is 0 Å². The molecule has 0 unspecified atom stereocenters. The average Bonchev–Trinajstić information content (AvgIpc) is 2.71. The number of aromatic nitrogens is 1. The van der Waals surface area contributed by atoms with Crippen molar-refractivity contribution in [2.24, 2.45) is 4.99 Å². The molecule has 0 atom stereocenters. The molecule has 8 heteroatoms. The summed E-state index contributed by atoms with van der Waals surface area (Å²) in [6, 6.07) is 12.5.